The third kappa shape index (κ3) is 4.31. The number of Topliss-reactive ketones (excluding diaryl/α,β-unsaturated/α-hetero) is 1. The number of hydrogen-bond acceptors (Lipinski definition) is 3. The smallest absolute Gasteiger partial charge is 0.260 e. The minimum atomic E-state index is -0.00824. The molecule has 0 heterocycles. The van der Waals surface area contributed by atoms with Gasteiger partial charge in [-0.2, -0.15) is 0 Å². The molecule has 1 aromatic carbocycles. The highest BCUT2D eigenvalue weighted by Gasteiger charge is 2.22. The molecule has 4 nitrogen and oxygen atoms in total. The molecule has 2 rings (SSSR count). The predicted molar refractivity (Wildman–Crippen MR) is 81.6 cm³/mol. The Morgan fingerprint density at radius 3 is 2.62 bits per heavy atom. The average Bonchev–Trinajstić information content (AvgIpc) is 2.53. The summed E-state index contributed by atoms with van der Waals surface area (Å²) in [5.41, 5.74) is 0.598. The molecule has 0 saturated heterocycles. The van der Waals surface area contributed by atoms with Crippen molar-refractivity contribution in [3.05, 3.63) is 29.8 Å². The Bertz CT molecular complexity index is 507. The van der Waals surface area contributed by atoms with Crippen LogP contribution in [0.25, 0.3) is 0 Å². The number of rotatable bonds is 5. The number of amides is 1. The molecule has 1 fully saturated rings. The second kappa shape index (κ2) is 7.25. The molecule has 0 aliphatic heterocycles. The predicted octanol–water partition coefficient (Wildman–Crippen LogP) is 3.06. The van der Waals surface area contributed by atoms with Crippen molar-refractivity contribution in [2.24, 2.45) is 0 Å². The maximum absolute atomic E-state index is 12.2. The number of likely N-dealkylation sites (N-methyl/N-ethyl adjacent to an activating group) is 1. The van der Waals surface area contributed by atoms with E-state index in [2.05, 4.69) is 0 Å². The summed E-state index contributed by atoms with van der Waals surface area (Å²) < 4.78 is 5.53. The zero-order valence-electron chi connectivity index (χ0n) is 12.8. The van der Waals surface area contributed by atoms with Crippen molar-refractivity contribution in [2.75, 3.05) is 13.7 Å². The first-order chi connectivity index (χ1) is 10.1. The third-order valence-electron chi connectivity index (χ3n) is 4.12. The standard InChI is InChI=1S/C17H23NO3/c1-13(19)14-7-6-10-16(11-14)21-12-17(20)18(2)15-8-4-3-5-9-15/h6-7,10-11,15H,3-5,8-9,12H2,1-2H3. The molecule has 0 unspecified atom stereocenters. The number of carbonyl (C=O) groups is 2. The highest BCUT2D eigenvalue weighted by atomic mass is 16.5. The lowest BCUT2D eigenvalue weighted by molar-refractivity contribution is -0.134. The normalized spacial score (nSPS) is 15.5. The van der Waals surface area contributed by atoms with Gasteiger partial charge in [0.25, 0.3) is 5.91 Å². The van der Waals surface area contributed by atoms with Crippen LogP contribution < -0.4 is 4.74 Å². The first-order valence-corrected chi connectivity index (χ1v) is 7.57. The van der Waals surface area contributed by atoms with Crippen LogP contribution in [0, 0.1) is 0 Å². The van der Waals surface area contributed by atoms with Crippen molar-refractivity contribution in [3.63, 3.8) is 0 Å². The Morgan fingerprint density at radius 2 is 1.95 bits per heavy atom. The van der Waals surface area contributed by atoms with Crippen LogP contribution in [0.2, 0.25) is 0 Å². The van der Waals surface area contributed by atoms with Crippen LogP contribution >= 0.6 is 0 Å². The fraction of sp³-hybridized carbons (Fsp3) is 0.529. The molecule has 1 aliphatic rings. The third-order valence-corrected chi connectivity index (χ3v) is 4.12. The molecular formula is C17H23NO3. The van der Waals surface area contributed by atoms with Crippen molar-refractivity contribution >= 4 is 11.7 Å². The number of carbonyl (C=O) groups excluding carboxylic acids is 2. The maximum atomic E-state index is 12.2. The van der Waals surface area contributed by atoms with E-state index in [9.17, 15) is 9.59 Å². The van der Waals surface area contributed by atoms with Gasteiger partial charge < -0.3 is 9.64 Å². The highest BCUT2D eigenvalue weighted by Crippen LogP contribution is 2.22. The number of ketones is 1. The van der Waals surface area contributed by atoms with Gasteiger partial charge in [0, 0.05) is 18.7 Å². The van der Waals surface area contributed by atoms with Crippen LogP contribution in [0.4, 0.5) is 0 Å². The molecule has 0 bridgehead atoms. The molecular weight excluding hydrogens is 266 g/mol. The number of nitrogens with zero attached hydrogens (tertiary/aromatic N) is 1. The second-order valence-electron chi connectivity index (χ2n) is 5.67. The van der Waals surface area contributed by atoms with Crippen molar-refractivity contribution < 1.29 is 14.3 Å². The molecule has 0 spiro atoms. The summed E-state index contributed by atoms with van der Waals surface area (Å²) in [5, 5.41) is 0. The van der Waals surface area contributed by atoms with Gasteiger partial charge in [0.05, 0.1) is 0 Å². The topological polar surface area (TPSA) is 46.6 Å². The SMILES string of the molecule is CC(=O)c1cccc(OCC(=O)N(C)C2CCCCC2)c1. The molecule has 0 N–H and O–H groups in total. The van der Waals surface area contributed by atoms with Crippen LogP contribution in [-0.2, 0) is 4.79 Å². The van der Waals surface area contributed by atoms with Gasteiger partial charge in [0.1, 0.15) is 5.75 Å². The lowest BCUT2D eigenvalue weighted by Crippen LogP contribution is -2.40. The molecule has 0 aromatic heterocycles. The van der Waals surface area contributed by atoms with Crippen LogP contribution in [-0.4, -0.2) is 36.3 Å². The largest absolute Gasteiger partial charge is 0.484 e. The molecule has 1 aliphatic carbocycles. The van der Waals surface area contributed by atoms with Gasteiger partial charge in [-0.25, -0.2) is 0 Å². The zero-order valence-corrected chi connectivity index (χ0v) is 12.8. The fourth-order valence-corrected chi connectivity index (χ4v) is 2.72. The lowest BCUT2D eigenvalue weighted by Gasteiger charge is -2.31. The van der Waals surface area contributed by atoms with E-state index in [1.165, 1.54) is 26.2 Å². The van der Waals surface area contributed by atoms with E-state index < -0.39 is 0 Å². The van der Waals surface area contributed by atoms with Crippen molar-refractivity contribution in [3.8, 4) is 5.75 Å². The van der Waals surface area contributed by atoms with Gasteiger partial charge >= 0.3 is 0 Å². The van der Waals surface area contributed by atoms with E-state index in [0.29, 0.717) is 17.4 Å². The van der Waals surface area contributed by atoms with Crippen LogP contribution in [0.3, 0.4) is 0 Å². The first kappa shape index (κ1) is 15.5. The van der Waals surface area contributed by atoms with E-state index in [1.807, 2.05) is 11.9 Å². The minimum Gasteiger partial charge on any atom is -0.484 e. The number of hydrogen-bond donors (Lipinski definition) is 0. The van der Waals surface area contributed by atoms with Gasteiger partial charge in [-0.1, -0.05) is 31.4 Å². The van der Waals surface area contributed by atoms with E-state index in [1.54, 1.807) is 24.3 Å². The Kier molecular flexibility index (Phi) is 5.37. The summed E-state index contributed by atoms with van der Waals surface area (Å²) in [6, 6.07) is 7.29. The quantitative estimate of drug-likeness (QED) is 0.783. The summed E-state index contributed by atoms with van der Waals surface area (Å²) in [6.07, 6.45) is 5.84. The maximum Gasteiger partial charge on any atom is 0.260 e. The summed E-state index contributed by atoms with van der Waals surface area (Å²) in [5.74, 6) is 0.550. The van der Waals surface area contributed by atoms with Gasteiger partial charge in [-0.05, 0) is 31.9 Å². The van der Waals surface area contributed by atoms with Crippen LogP contribution in [0.15, 0.2) is 24.3 Å². The monoisotopic (exact) mass is 289 g/mol. The molecule has 1 saturated carbocycles. The lowest BCUT2D eigenvalue weighted by atomic mass is 9.94. The summed E-state index contributed by atoms with van der Waals surface area (Å²) in [7, 11) is 1.85. The molecule has 0 atom stereocenters. The second-order valence-corrected chi connectivity index (χ2v) is 5.67. The molecule has 114 valence electrons. The van der Waals surface area contributed by atoms with Crippen molar-refractivity contribution in [2.45, 2.75) is 45.1 Å². The highest BCUT2D eigenvalue weighted by molar-refractivity contribution is 5.94. The van der Waals surface area contributed by atoms with Gasteiger partial charge in [0.2, 0.25) is 0 Å². The van der Waals surface area contributed by atoms with Gasteiger partial charge in [-0.15, -0.1) is 0 Å². The summed E-state index contributed by atoms with van der Waals surface area (Å²) in [6.45, 7) is 1.54. The Morgan fingerprint density at radius 1 is 1.24 bits per heavy atom. The van der Waals surface area contributed by atoms with E-state index in [0.717, 1.165) is 12.8 Å². The first-order valence-electron chi connectivity index (χ1n) is 7.57. The van der Waals surface area contributed by atoms with Crippen molar-refractivity contribution in [1.82, 2.24) is 4.90 Å². The summed E-state index contributed by atoms with van der Waals surface area (Å²) >= 11 is 0. The minimum absolute atomic E-state index is 0.00451. The Labute approximate surface area is 126 Å². The molecule has 1 aromatic rings. The average molecular weight is 289 g/mol. The van der Waals surface area contributed by atoms with E-state index in [4.69, 9.17) is 4.74 Å². The van der Waals surface area contributed by atoms with Gasteiger partial charge in [-0.3, -0.25) is 9.59 Å². The Hall–Kier alpha value is -1.84. The van der Waals surface area contributed by atoms with Crippen molar-refractivity contribution in [1.29, 1.82) is 0 Å². The van der Waals surface area contributed by atoms with Crippen LogP contribution in [0.5, 0.6) is 5.75 Å². The van der Waals surface area contributed by atoms with E-state index >= 15 is 0 Å². The Balaban J connectivity index is 1.88. The molecule has 21 heavy (non-hydrogen) atoms. The fourth-order valence-electron chi connectivity index (χ4n) is 2.72. The number of benzene rings is 1. The molecule has 0 radical (unpaired) electrons. The van der Waals surface area contributed by atoms with Gasteiger partial charge in [0.15, 0.2) is 12.4 Å². The van der Waals surface area contributed by atoms with E-state index in [-0.39, 0.29) is 18.3 Å². The number of ether oxygens (including phenoxy) is 1. The molecule has 4 heteroatoms. The zero-order chi connectivity index (χ0) is 15.2. The van der Waals surface area contributed by atoms with Crippen LogP contribution in [0.1, 0.15) is 49.4 Å². The summed E-state index contributed by atoms with van der Waals surface area (Å²) in [4.78, 5) is 25.3. The molecule has 1 amide bonds.